The van der Waals surface area contributed by atoms with Gasteiger partial charge in [-0.05, 0) is 59.1 Å². The zero-order chi connectivity index (χ0) is 23.5. The molecule has 2 aliphatic rings. The number of thiophene rings is 1. The monoisotopic (exact) mass is 475 g/mol. The van der Waals surface area contributed by atoms with Gasteiger partial charge in [-0.1, -0.05) is 12.1 Å². The van der Waals surface area contributed by atoms with Crippen LogP contribution in [0.3, 0.4) is 0 Å². The highest BCUT2D eigenvalue weighted by Crippen LogP contribution is 2.30. The van der Waals surface area contributed by atoms with Gasteiger partial charge in [-0.2, -0.15) is 11.3 Å². The van der Waals surface area contributed by atoms with Crippen LogP contribution >= 0.6 is 11.3 Å². The molecule has 8 heteroatoms. The maximum Gasteiger partial charge on any atom is 0.246 e. The Kier molecular flexibility index (Phi) is 6.62. The molecule has 1 unspecified atom stereocenters. The summed E-state index contributed by atoms with van der Waals surface area (Å²) in [6.07, 6.45) is 1.11. The van der Waals surface area contributed by atoms with Crippen molar-refractivity contribution in [3.63, 3.8) is 0 Å². The molecule has 3 heterocycles. The van der Waals surface area contributed by atoms with E-state index in [1.807, 2.05) is 41.1 Å². The minimum atomic E-state index is -0.298. The number of hydrogen-bond acceptors (Lipinski definition) is 7. The van der Waals surface area contributed by atoms with Crippen LogP contribution in [0, 0.1) is 5.41 Å². The molecule has 4 N–H and O–H groups in total. The van der Waals surface area contributed by atoms with Crippen molar-refractivity contribution >= 4 is 40.0 Å². The Hall–Kier alpha value is -3.20. The molecule has 1 aromatic heterocycles. The van der Waals surface area contributed by atoms with E-state index in [0.717, 1.165) is 62.6 Å². The summed E-state index contributed by atoms with van der Waals surface area (Å²) in [4.78, 5) is 17.7. The number of nitrogens with zero attached hydrogens (tertiary/aromatic N) is 2. The summed E-state index contributed by atoms with van der Waals surface area (Å²) in [5.74, 6) is -0.0600. The van der Waals surface area contributed by atoms with Gasteiger partial charge in [-0.3, -0.25) is 15.1 Å². The van der Waals surface area contributed by atoms with Gasteiger partial charge in [0, 0.05) is 54.4 Å². The molecule has 0 saturated carbocycles. The lowest BCUT2D eigenvalue weighted by atomic mass is 9.99. The van der Waals surface area contributed by atoms with Crippen molar-refractivity contribution in [2.45, 2.75) is 12.5 Å². The third-order valence-corrected chi connectivity index (χ3v) is 7.19. The van der Waals surface area contributed by atoms with Crippen LogP contribution in [0.1, 0.15) is 29.2 Å². The molecule has 0 radical (unpaired) electrons. The topological polar surface area (TPSA) is 94.7 Å². The van der Waals surface area contributed by atoms with E-state index in [9.17, 15) is 4.79 Å². The zero-order valence-corrected chi connectivity index (χ0v) is 19.8. The second-order valence-corrected chi connectivity index (χ2v) is 9.44. The van der Waals surface area contributed by atoms with Crippen LogP contribution in [-0.4, -0.2) is 55.9 Å². The molecule has 3 aromatic rings. The van der Waals surface area contributed by atoms with Crippen LogP contribution in [0.5, 0.6) is 0 Å². The number of hydrogen-bond donors (Lipinski definition) is 3. The normalized spacial score (nSPS) is 17.1. The van der Waals surface area contributed by atoms with Gasteiger partial charge in [0.2, 0.25) is 5.91 Å². The lowest BCUT2D eigenvalue weighted by Crippen LogP contribution is -2.45. The smallest absolute Gasteiger partial charge is 0.246 e. The first-order chi connectivity index (χ1) is 16.6. The number of benzene rings is 2. The van der Waals surface area contributed by atoms with Crippen LogP contribution in [0.25, 0.3) is 0 Å². The number of morpholine rings is 1. The van der Waals surface area contributed by atoms with Gasteiger partial charge >= 0.3 is 0 Å². The van der Waals surface area contributed by atoms with Crippen LogP contribution in [-0.2, 0) is 9.53 Å². The van der Waals surface area contributed by atoms with Crippen molar-refractivity contribution < 1.29 is 9.53 Å². The van der Waals surface area contributed by atoms with Crippen LogP contribution < -0.4 is 16.0 Å². The summed E-state index contributed by atoms with van der Waals surface area (Å²) >= 11 is 1.60. The highest BCUT2D eigenvalue weighted by molar-refractivity contribution is 7.08. The summed E-state index contributed by atoms with van der Waals surface area (Å²) in [7, 11) is 0. The number of nitrogens with one attached hydrogen (secondary N) is 2. The van der Waals surface area contributed by atoms with E-state index >= 15 is 0 Å². The van der Waals surface area contributed by atoms with Crippen LogP contribution in [0.2, 0.25) is 0 Å². The lowest BCUT2D eigenvalue weighted by Gasteiger charge is -2.37. The molecule has 0 bridgehead atoms. The fourth-order valence-corrected chi connectivity index (χ4v) is 5.11. The SMILES string of the molecule is N=C(c1ccc(N2CCOCC2)cc1)c1cc(NC(=O)C(c2ccsc2)N2CCC2)ccc1N. The molecular weight excluding hydrogens is 446 g/mol. The molecule has 0 aliphatic carbocycles. The average Bonchev–Trinajstić information content (AvgIpc) is 3.37. The maximum absolute atomic E-state index is 13.2. The minimum Gasteiger partial charge on any atom is -0.398 e. The second kappa shape index (κ2) is 9.97. The molecule has 2 fully saturated rings. The average molecular weight is 476 g/mol. The molecule has 2 aromatic carbocycles. The van der Waals surface area contributed by atoms with Crippen molar-refractivity contribution in [2.24, 2.45) is 0 Å². The fourth-order valence-electron chi connectivity index (χ4n) is 4.43. The number of carbonyl (C=O) groups is 1. The summed E-state index contributed by atoms with van der Waals surface area (Å²) in [5.41, 5.74) is 11.3. The van der Waals surface area contributed by atoms with Gasteiger partial charge in [0.15, 0.2) is 0 Å². The van der Waals surface area contributed by atoms with Gasteiger partial charge in [-0.15, -0.1) is 0 Å². The number of likely N-dealkylation sites (tertiary alicyclic amines) is 1. The third kappa shape index (κ3) is 4.70. The third-order valence-electron chi connectivity index (χ3n) is 6.49. The maximum atomic E-state index is 13.2. The highest BCUT2D eigenvalue weighted by Gasteiger charge is 2.31. The summed E-state index contributed by atoms with van der Waals surface area (Å²) in [6.45, 7) is 5.05. The van der Waals surface area contributed by atoms with Gasteiger partial charge in [0.25, 0.3) is 0 Å². The Morgan fingerprint density at radius 3 is 2.47 bits per heavy atom. The Morgan fingerprint density at radius 2 is 1.82 bits per heavy atom. The predicted octanol–water partition coefficient (Wildman–Crippen LogP) is 3.97. The summed E-state index contributed by atoms with van der Waals surface area (Å²) < 4.78 is 5.43. The zero-order valence-electron chi connectivity index (χ0n) is 19.0. The van der Waals surface area contributed by atoms with E-state index in [0.29, 0.717) is 22.6 Å². The number of ether oxygens (including phenoxy) is 1. The largest absolute Gasteiger partial charge is 0.398 e. The van der Waals surface area contributed by atoms with E-state index in [2.05, 4.69) is 15.1 Å². The molecule has 1 amide bonds. The predicted molar refractivity (Wildman–Crippen MR) is 138 cm³/mol. The molecule has 176 valence electrons. The molecule has 2 saturated heterocycles. The number of anilines is 3. The quantitative estimate of drug-likeness (QED) is 0.355. The molecule has 2 aliphatic heterocycles. The van der Waals surface area contributed by atoms with Gasteiger partial charge in [0.1, 0.15) is 6.04 Å². The van der Waals surface area contributed by atoms with Gasteiger partial charge < -0.3 is 20.7 Å². The molecular formula is C26H29N5O2S. The number of amides is 1. The van der Waals surface area contributed by atoms with E-state index in [1.54, 1.807) is 29.5 Å². The van der Waals surface area contributed by atoms with Crippen LogP contribution in [0.15, 0.2) is 59.3 Å². The Morgan fingerprint density at radius 1 is 1.06 bits per heavy atom. The first-order valence-corrected chi connectivity index (χ1v) is 12.5. The molecule has 7 nitrogen and oxygen atoms in total. The van der Waals surface area contributed by atoms with Crippen molar-refractivity contribution in [3.05, 3.63) is 76.0 Å². The Labute approximate surface area is 203 Å². The Bertz CT molecular complexity index is 1150. The van der Waals surface area contributed by atoms with Crippen molar-refractivity contribution in [2.75, 3.05) is 55.3 Å². The van der Waals surface area contributed by atoms with E-state index in [4.69, 9.17) is 15.9 Å². The first kappa shape index (κ1) is 22.6. The molecule has 0 spiro atoms. The van der Waals surface area contributed by atoms with E-state index < -0.39 is 0 Å². The standard InChI is InChI=1S/C26H29N5O2S/c27-23-7-4-20(29-26(32)25(31-9-1-10-31)19-8-15-34-17-19)16-22(23)24(28)18-2-5-21(6-3-18)30-11-13-33-14-12-30/h2-8,15-17,25,28H,1,9-14,27H2,(H,29,32). The van der Waals surface area contributed by atoms with Gasteiger partial charge in [0.05, 0.1) is 18.9 Å². The van der Waals surface area contributed by atoms with E-state index in [-0.39, 0.29) is 11.9 Å². The highest BCUT2D eigenvalue weighted by atomic mass is 32.1. The second-order valence-electron chi connectivity index (χ2n) is 8.66. The van der Waals surface area contributed by atoms with Gasteiger partial charge in [-0.25, -0.2) is 0 Å². The van der Waals surface area contributed by atoms with Crippen molar-refractivity contribution in [1.82, 2.24) is 4.90 Å². The number of carbonyl (C=O) groups excluding carboxylic acids is 1. The number of nitrogen functional groups attached to an aromatic ring is 1. The van der Waals surface area contributed by atoms with Crippen molar-refractivity contribution in [3.8, 4) is 0 Å². The molecule has 5 rings (SSSR count). The Balaban J connectivity index is 1.33. The summed E-state index contributed by atoms with van der Waals surface area (Å²) in [6, 6.07) is 15.0. The minimum absolute atomic E-state index is 0.0600. The molecule has 1 atom stereocenters. The number of rotatable bonds is 7. The van der Waals surface area contributed by atoms with Crippen LogP contribution in [0.4, 0.5) is 17.1 Å². The van der Waals surface area contributed by atoms with E-state index in [1.165, 1.54) is 0 Å². The fraction of sp³-hybridized carbons (Fsp3) is 0.308. The summed E-state index contributed by atoms with van der Waals surface area (Å²) in [5, 5.41) is 15.9. The number of nitrogens with two attached hydrogens (primary N) is 1. The lowest BCUT2D eigenvalue weighted by molar-refractivity contribution is -0.123. The molecule has 34 heavy (non-hydrogen) atoms. The van der Waals surface area contributed by atoms with Crippen molar-refractivity contribution in [1.29, 1.82) is 5.41 Å². The first-order valence-electron chi connectivity index (χ1n) is 11.6.